The molecule has 0 aliphatic carbocycles. The van der Waals surface area contributed by atoms with E-state index in [-0.39, 0.29) is 5.91 Å². The van der Waals surface area contributed by atoms with E-state index in [1.165, 1.54) is 0 Å². The predicted octanol–water partition coefficient (Wildman–Crippen LogP) is 1.82. The average Bonchev–Trinajstić information content (AvgIpc) is 3.00. The zero-order chi connectivity index (χ0) is 15.4. The lowest BCUT2D eigenvalue weighted by Crippen LogP contribution is -2.30. The molecule has 2 aromatic rings. The minimum atomic E-state index is -0.250. The van der Waals surface area contributed by atoms with Gasteiger partial charge in [0.25, 0.3) is 5.91 Å². The monoisotopic (exact) mass is 296 g/mol. The first-order valence-corrected chi connectivity index (χ1v) is 6.97. The Hall–Kier alpha value is -2.96. The summed E-state index contributed by atoms with van der Waals surface area (Å²) in [5.41, 5.74) is 7.87. The van der Waals surface area contributed by atoms with Crippen molar-refractivity contribution in [3.63, 3.8) is 0 Å². The maximum Gasteiger partial charge on any atom is 0.269 e. The van der Waals surface area contributed by atoms with E-state index in [0.717, 1.165) is 24.4 Å². The summed E-state index contributed by atoms with van der Waals surface area (Å²) in [6, 6.07) is 9.00. The van der Waals surface area contributed by atoms with Gasteiger partial charge in [-0.05, 0) is 37.3 Å². The summed E-state index contributed by atoms with van der Waals surface area (Å²) in [6.07, 6.45) is 4.16. The first kappa shape index (κ1) is 14.0. The third-order valence-corrected chi connectivity index (χ3v) is 3.26. The summed E-state index contributed by atoms with van der Waals surface area (Å²) in [4.78, 5) is 20.0. The Bertz CT molecular complexity index is 683. The molecule has 7 nitrogen and oxygen atoms in total. The quantitative estimate of drug-likeness (QED) is 0.841. The second kappa shape index (κ2) is 6.21. The molecule has 0 saturated heterocycles. The second-order valence-corrected chi connectivity index (χ2v) is 4.91. The molecule has 2 heterocycles. The molecule has 0 spiro atoms. The van der Waals surface area contributed by atoms with Crippen LogP contribution in [0, 0.1) is 0 Å². The number of aromatic nitrogens is 2. The highest BCUT2D eigenvalue weighted by Gasteiger charge is 2.13. The molecule has 0 atom stereocenters. The highest BCUT2D eigenvalue weighted by Crippen LogP contribution is 2.19. The minimum absolute atomic E-state index is 0.250. The van der Waals surface area contributed by atoms with Gasteiger partial charge >= 0.3 is 0 Å². The Kier molecular flexibility index (Phi) is 3.95. The molecule has 1 aliphatic rings. The summed E-state index contributed by atoms with van der Waals surface area (Å²) in [5, 5.41) is 6.37. The molecule has 0 bridgehead atoms. The SMILES string of the molecule is CC1=NN(c2ccc(C(=O)NNc3ncccn3)cc2)CC1. The second-order valence-electron chi connectivity index (χ2n) is 4.91. The third-order valence-electron chi connectivity index (χ3n) is 3.26. The van der Waals surface area contributed by atoms with Gasteiger partial charge in [0.05, 0.1) is 5.69 Å². The van der Waals surface area contributed by atoms with Crippen LogP contribution in [0.25, 0.3) is 0 Å². The Morgan fingerprint density at radius 2 is 1.91 bits per heavy atom. The van der Waals surface area contributed by atoms with Crippen LogP contribution >= 0.6 is 0 Å². The Morgan fingerprint density at radius 1 is 1.18 bits per heavy atom. The topological polar surface area (TPSA) is 82.5 Å². The molecule has 0 unspecified atom stereocenters. The largest absolute Gasteiger partial charge is 0.269 e. The molecule has 2 N–H and O–H groups in total. The summed E-state index contributed by atoms with van der Waals surface area (Å²) >= 11 is 0. The van der Waals surface area contributed by atoms with E-state index in [9.17, 15) is 4.79 Å². The molecular weight excluding hydrogens is 280 g/mol. The van der Waals surface area contributed by atoms with Crippen molar-refractivity contribution in [3.8, 4) is 0 Å². The molecule has 1 aromatic carbocycles. The van der Waals surface area contributed by atoms with Crippen LogP contribution in [0.3, 0.4) is 0 Å². The van der Waals surface area contributed by atoms with Crippen LogP contribution in [0.1, 0.15) is 23.7 Å². The fourth-order valence-corrected chi connectivity index (χ4v) is 2.09. The molecule has 7 heteroatoms. The van der Waals surface area contributed by atoms with Gasteiger partial charge in [0.1, 0.15) is 0 Å². The normalized spacial score (nSPS) is 13.7. The zero-order valence-electron chi connectivity index (χ0n) is 12.2. The predicted molar refractivity (Wildman–Crippen MR) is 84.6 cm³/mol. The van der Waals surface area contributed by atoms with Gasteiger partial charge in [-0.3, -0.25) is 20.7 Å². The molecule has 0 radical (unpaired) electrons. The van der Waals surface area contributed by atoms with Crippen molar-refractivity contribution in [2.75, 3.05) is 17.0 Å². The van der Waals surface area contributed by atoms with E-state index in [2.05, 4.69) is 25.9 Å². The molecule has 0 fully saturated rings. The van der Waals surface area contributed by atoms with Crippen LogP contribution in [0.5, 0.6) is 0 Å². The van der Waals surface area contributed by atoms with Gasteiger partial charge in [0.15, 0.2) is 0 Å². The van der Waals surface area contributed by atoms with Crippen LogP contribution in [-0.4, -0.2) is 28.1 Å². The fourth-order valence-electron chi connectivity index (χ4n) is 2.09. The van der Waals surface area contributed by atoms with E-state index in [1.807, 2.05) is 24.1 Å². The van der Waals surface area contributed by atoms with E-state index in [1.54, 1.807) is 30.6 Å². The highest BCUT2D eigenvalue weighted by molar-refractivity contribution is 5.95. The van der Waals surface area contributed by atoms with Crippen molar-refractivity contribution in [2.24, 2.45) is 5.10 Å². The first-order chi connectivity index (χ1) is 10.7. The van der Waals surface area contributed by atoms with E-state index in [4.69, 9.17) is 0 Å². The van der Waals surface area contributed by atoms with Crippen LogP contribution in [-0.2, 0) is 0 Å². The third kappa shape index (κ3) is 3.20. The van der Waals surface area contributed by atoms with Gasteiger partial charge in [-0.1, -0.05) is 0 Å². The van der Waals surface area contributed by atoms with Crippen LogP contribution in [0.15, 0.2) is 47.8 Å². The van der Waals surface area contributed by atoms with Gasteiger partial charge in [-0.25, -0.2) is 9.97 Å². The van der Waals surface area contributed by atoms with Gasteiger partial charge in [0.2, 0.25) is 5.95 Å². The molecule has 22 heavy (non-hydrogen) atoms. The van der Waals surface area contributed by atoms with Crippen molar-refractivity contribution >= 4 is 23.3 Å². The molecule has 0 saturated carbocycles. The van der Waals surface area contributed by atoms with Crippen molar-refractivity contribution in [2.45, 2.75) is 13.3 Å². The van der Waals surface area contributed by atoms with Crippen LogP contribution in [0.4, 0.5) is 11.6 Å². The lowest BCUT2D eigenvalue weighted by Gasteiger charge is -2.14. The van der Waals surface area contributed by atoms with Gasteiger partial charge in [-0.2, -0.15) is 5.10 Å². The number of amides is 1. The van der Waals surface area contributed by atoms with E-state index >= 15 is 0 Å². The maximum absolute atomic E-state index is 12.0. The molecule has 1 aliphatic heterocycles. The molecule has 112 valence electrons. The lowest BCUT2D eigenvalue weighted by atomic mass is 10.2. The number of hydrazine groups is 1. The van der Waals surface area contributed by atoms with Crippen molar-refractivity contribution < 1.29 is 4.79 Å². The van der Waals surface area contributed by atoms with Crippen LogP contribution in [0.2, 0.25) is 0 Å². The maximum atomic E-state index is 12.0. The lowest BCUT2D eigenvalue weighted by molar-refractivity contribution is 0.0962. The number of hydrogen-bond donors (Lipinski definition) is 2. The molecule has 1 amide bonds. The highest BCUT2D eigenvalue weighted by atomic mass is 16.2. The number of carbonyl (C=O) groups excluding carboxylic acids is 1. The summed E-state index contributed by atoms with van der Waals surface area (Å²) < 4.78 is 0. The summed E-state index contributed by atoms with van der Waals surface area (Å²) in [7, 11) is 0. The van der Waals surface area contributed by atoms with Gasteiger partial charge in [-0.15, -0.1) is 0 Å². The van der Waals surface area contributed by atoms with Gasteiger partial charge in [0, 0.05) is 36.6 Å². The number of hydrogen-bond acceptors (Lipinski definition) is 6. The van der Waals surface area contributed by atoms with E-state index in [0.29, 0.717) is 11.5 Å². The molecule has 1 aromatic heterocycles. The smallest absolute Gasteiger partial charge is 0.267 e. The number of rotatable bonds is 4. The summed E-state index contributed by atoms with van der Waals surface area (Å²) in [5.74, 6) is 0.0921. The molecule has 3 rings (SSSR count). The number of hydrazone groups is 1. The standard InChI is InChI=1S/C15H16N6O/c1-11-7-10-21(20-11)13-5-3-12(4-6-13)14(22)18-19-15-16-8-2-9-17-15/h2-6,8-9H,7,10H2,1H3,(H,18,22)(H,16,17,19). The Morgan fingerprint density at radius 3 is 2.55 bits per heavy atom. The molecular formula is C15H16N6O. The zero-order valence-corrected chi connectivity index (χ0v) is 12.2. The van der Waals surface area contributed by atoms with Crippen molar-refractivity contribution in [1.29, 1.82) is 0 Å². The van der Waals surface area contributed by atoms with Crippen molar-refractivity contribution in [3.05, 3.63) is 48.3 Å². The number of carbonyl (C=O) groups is 1. The average molecular weight is 296 g/mol. The number of nitrogens with one attached hydrogen (secondary N) is 2. The summed E-state index contributed by atoms with van der Waals surface area (Å²) in [6.45, 7) is 2.89. The number of nitrogens with zero attached hydrogens (tertiary/aromatic N) is 4. The minimum Gasteiger partial charge on any atom is -0.267 e. The fraction of sp³-hybridized carbons (Fsp3) is 0.200. The van der Waals surface area contributed by atoms with Gasteiger partial charge < -0.3 is 0 Å². The number of benzene rings is 1. The van der Waals surface area contributed by atoms with Crippen molar-refractivity contribution in [1.82, 2.24) is 15.4 Å². The number of anilines is 2. The Labute approximate surface area is 128 Å². The van der Waals surface area contributed by atoms with Crippen LogP contribution < -0.4 is 15.9 Å². The Balaban J connectivity index is 1.61. The van der Waals surface area contributed by atoms with E-state index < -0.39 is 0 Å². The first-order valence-electron chi connectivity index (χ1n) is 6.97.